The minimum Gasteiger partial charge on any atom is -0.670 e. The van der Waals surface area contributed by atoms with Crippen LogP contribution in [0.2, 0.25) is 0 Å². The Kier molecular flexibility index (Phi) is 13.9. The summed E-state index contributed by atoms with van der Waals surface area (Å²) in [5.74, 6) is -0.505. The van der Waals surface area contributed by atoms with Crippen molar-refractivity contribution >= 4 is 38.1 Å². The van der Waals surface area contributed by atoms with Crippen LogP contribution in [0.25, 0.3) is 10.8 Å². The summed E-state index contributed by atoms with van der Waals surface area (Å²) < 4.78 is 11.5. The van der Waals surface area contributed by atoms with Gasteiger partial charge in [0.15, 0.2) is 28.8 Å². The Labute approximate surface area is 382 Å². The molecule has 5 aromatic carbocycles. The molecule has 6 aromatic rings. The number of benzene rings is 5. The molecule has 1 fully saturated rings. The lowest BCUT2D eigenvalue weighted by Gasteiger charge is -2.49. The zero-order valence-electron chi connectivity index (χ0n) is 36.7. The van der Waals surface area contributed by atoms with E-state index in [4.69, 9.17) is 9.47 Å². The predicted octanol–water partition coefficient (Wildman–Crippen LogP) is 8.21. The minimum atomic E-state index is -1.61. The average Bonchev–Trinajstić information content (AvgIpc) is 3.80. The van der Waals surface area contributed by atoms with Crippen molar-refractivity contribution in [1.82, 2.24) is 10.3 Å². The van der Waals surface area contributed by atoms with Crippen LogP contribution in [-0.2, 0) is 54.6 Å². The molecule has 0 radical (unpaired) electrons. The fourth-order valence-corrected chi connectivity index (χ4v) is 13.0. The zero-order chi connectivity index (χ0) is 45.1. The number of aliphatic hydroxyl groups is 2. The summed E-state index contributed by atoms with van der Waals surface area (Å²) in [5.41, 5.74) is 6.39. The first-order valence-corrected chi connectivity index (χ1v) is 24.4. The van der Waals surface area contributed by atoms with Gasteiger partial charge < -0.3 is 45.3 Å². The van der Waals surface area contributed by atoms with Crippen molar-refractivity contribution in [2.24, 2.45) is 17.8 Å². The molecule has 0 spiro atoms. The second-order valence-corrected chi connectivity index (χ2v) is 19.9. The molecular weight excluding hydrogens is 845 g/mol. The highest BCUT2D eigenvalue weighted by Gasteiger charge is 2.57. The Balaban J connectivity index is 1.32. The number of ether oxygens (including phenoxy) is 2. The SMILES string of the molecule is CCc1ccc2cccc3c2c1Cc1c(ccc(O)c1OC)C[C@H](Cc1cc[n-]c1)[C@H](O)[C@@H]1C(=O)[C@](Cc2ccc(O)c(OC)c2)(c2cc(O)cc(CNC)c2)[C@@H](O)C[C@H]1CSSC3. The molecule has 12 heteroatoms. The average molecular weight is 902 g/mol. The third-order valence-electron chi connectivity index (χ3n) is 13.6. The van der Waals surface area contributed by atoms with E-state index in [9.17, 15) is 25.5 Å². The monoisotopic (exact) mass is 901 g/mol. The highest BCUT2D eigenvalue weighted by molar-refractivity contribution is 8.76. The van der Waals surface area contributed by atoms with Crippen LogP contribution in [0.3, 0.4) is 0 Å². The number of carbonyl (C=O) groups excluding carboxylic acids is 1. The Morgan fingerprint density at radius 1 is 0.859 bits per heavy atom. The first-order valence-electron chi connectivity index (χ1n) is 21.9. The van der Waals surface area contributed by atoms with Gasteiger partial charge in [0.1, 0.15) is 5.75 Å². The van der Waals surface area contributed by atoms with Crippen LogP contribution in [-0.4, -0.2) is 70.5 Å². The molecule has 10 nitrogen and oxygen atoms in total. The lowest BCUT2D eigenvalue weighted by atomic mass is 9.55. The van der Waals surface area contributed by atoms with Crippen molar-refractivity contribution in [1.29, 1.82) is 0 Å². The van der Waals surface area contributed by atoms with Crippen molar-refractivity contribution in [2.45, 2.75) is 75.4 Å². The third kappa shape index (κ3) is 8.83. The Morgan fingerprint density at radius 2 is 1.69 bits per heavy atom. The number of aromatic hydroxyl groups is 3. The first kappa shape index (κ1) is 45.5. The summed E-state index contributed by atoms with van der Waals surface area (Å²) >= 11 is 0. The fraction of sp³-hybridized carbons (Fsp3) is 0.365. The van der Waals surface area contributed by atoms with Gasteiger partial charge in [-0.2, -0.15) is 12.4 Å². The van der Waals surface area contributed by atoms with Crippen molar-refractivity contribution < 1.29 is 39.8 Å². The number of fused-ring (bicyclic) bond motifs is 2. The van der Waals surface area contributed by atoms with E-state index < -0.39 is 35.4 Å². The number of Topliss-reactive ketones (excluding diaryl/α,β-unsaturated/α-hetero) is 1. The van der Waals surface area contributed by atoms with E-state index in [0.29, 0.717) is 54.2 Å². The standard InChI is InChI=1S/C52H57N2O8S2/c1-5-33-10-11-34-7-6-8-36-28-63-64-29-38-22-46(58)52(25-30-9-13-43(56)45(20-30)61-3,39-18-32(26-53-2)19-40(55)23-39)51(60)48(38)49(59)37(17-31-15-16-54-27-31)21-35-12-14-44(57)50(62-4)42(35)24-41(33)47(34)36/h6-16,18-20,23,27,37-38,46,48-49,53,55-59H,5,17,21-22,24-26,28-29H2,1-4H3/q-1/t37-,38-,46-,48+,49-,52+/m0/s1. The smallest absolute Gasteiger partial charge is 0.164 e. The lowest BCUT2D eigenvalue weighted by molar-refractivity contribution is -0.149. The Morgan fingerprint density at radius 3 is 2.44 bits per heavy atom. The normalized spacial score (nSPS) is 22.8. The van der Waals surface area contributed by atoms with Crippen LogP contribution in [0, 0.1) is 17.8 Å². The second-order valence-electron chi connectivity index (χ2n) is 17.4. The van der Waals surface area contributed by atoms with E-state index in [0.717, 1.165) is 34.1 Å². The molecule has 8 rings (SSSR count). The first-order chi connectivity index (χ1) is 31.0. The number of hydrogen-bond donors (Lipinski definition) is 6. The Hall–Kier alpha value is -5.11. The third-order valence-corrected chi connectivity index (χ3v) is 16.0. The number of nitrogens with one attached hydrogen (secondary N) is 1. The quantitative estimate of drug-likeness (QED) is 0.0733. The Bertz CT molecular complexity index is 2620. The molecule has 2 aliphatic rings. The van der Waals surface area contributed by atoms with Gasteiger partial charge in [-0.1, -0.05) is 88.7 Å². The molecule has 6 N–H and O–H groups in total. The summed E-state index contributed by atoms with van der Waals surface area (Å²) in [7, 11) is 8.18. The van der Waals surface area contributed by atoms with Gasteiger partial charge in [0.25, 0.3) is 0 Å². The van der Waals surface area contributed by atoms with Gasteiger partial charge in [0, 0.05) is 36.0 Å². The van der Waals surface area contributed by atoms with Crippen molar-refractivity contribution in [2.75, 3.05) is 27.0 Å². The summed E-state index contributed by atoms with van der Waals surface area (Å²) in [5, 5.41) is 64.6. The number of aromatic nitrogens is 1. The number of aryl methyl sites for hydroxylation is 1. The van der Waals surface area contributed by atoms with Gasteiger partial charge in [-0.05, 0) is 131 Å². The van der Waals surface area contributed by atoms with Crippen LogP contribution >= 0.6 is 21.6 Å². The van der Waals surface area contributed by atoms with Gasteiger partial charge in [0.05, 0.1) is 31.8 Å². The van der Waals surface area contributed by atoms with Crippen molar-refractivity contribution in [3.05, 3.63) is 147 Å². The van der Waals surface area contributed by atoms with E-state index >= 15 is 4.79 Å². The van der Waals surface area contributed by atoms with E-state index in [2.05, 4.69) is 47.6 Å². The van der Waals surface area contributed by atoms with Crippen molar-refractivity contribution in [3.63, 3.8) is 0 Å². The lowest BCUT2D eigenvalue weighted by Crippen LogP contribution is -2.61. The molecule has 1 aliphatic carbocycles. The number of hydrogen-bond acceptors (Lipinski definition) is 11. The second kappa shape index (κ2) is 19.6. The number of methoxy groups -OCH3 is 2. The number of rotatable bonds is 10. The van der Waals surface area contributed by atoms with E-state index in [1.54, 1.807) is 78.5 Å². The summed E-state index contributed by atoms with van der Waals surface area (Å²) in [6, 6.07) is 26.2. The van der Waals surface area contributed by atoms with Gasteiger partial charge in [-0.25, -0.2) is 0 Å². The molecule has 0 unspecified atom stereocenters. The van der Waals surface area contributed by atoms with Crippen LogP contribution in [0.1, 0.15) is 63.4 Å². The molecule has 2 heterocycles. The topological polar surface area (TPSA) is 163 Å². The number of carbonyl (C=O) groups is 1. The molecule has 1 aliphatic heterocycles. The number of aliphatic hydroxyl groups excluding tert-OH is 2. The van der Waals surface area contributed by atoms with Crippen LogP contribution < -0.4 is 19.8 Å². The minimum absolute atomic E-state index is 0.0166. The van der Waals surface area contributed by atoms with Crippen LogP contribution in [0.4, 0.5) is 0 Å². The summed E-state index contributed by atoms with van der Waals surface area (Å²) in [6.07, 6.45) is 3.38. The number of phenols is 3. The van der Waals surface area contributed by atoms with Gasteiger partial charge in [-0.15, -0.1) is 0 Å². The number of nitrogens with zero attached hydrogens (tertiary/aromatic N) is 1. The van der Waals surface area contributed by atoms with Gasteiger partial charge in [-0.3, -0.25) is 4.79 Å². The molecule has 336 valence electrons. The van der Waals surface area contributed by atoms with E-state index in [1.165, 1.54) is 35.3 Å². The highest BCUT2D eigenvalue weighted by Crippen LogP contribution is 2.50. The van der Waals surface area contributed by atoms with Crippen LogP contribution in [0.15, 0.2) is 97.3 Å². The van der Waals surface area contributed by atoms with Crippen LogP contribution in [0.5, 0.6) is 28.7 Å². The van der Waals surface area contributed by atoms with E-state index in [-0.39, 0.29) is 41.6 Å². The fourth-order valence-electron chi connectivity index (χ4n) is 10.5. The number of phenolic OH excluding ortho intramolecular Hbond substituents is 3. The molecule has 1 saturated carbocycles. The van der Waals surface area contributed by atoms with E-state index in [1.807, 2.05) is 18.2 Å². The highest BCUT2D eigenvalue weighted by atomic mass is 33.1. The molecule has 1 aromatic heterocycles. The summed E-state index contributed by atoms with van der Waals surface area (Å²) in [6.45, 7) is 2.56. The van der Waals surface area contributed by atoms with Gasteiger partial charge in [0.2, 0.25) is 0 Å². The number of ketones is 1. The molecule has 0 amide bonds. The molecule has 0 bridgehead atoms. The predicted molar refractivity (Wildman–Crippen MR) is 255 cm³/mol. The summed E-state index contributed by atoms with van der Waals surface area (Å²) in [4.78, 5) is 20.6. The molecule has 0 saturated heterocycles. The zero-order valence-corrected chi connectivity index (χ0v) is 38.3. The maximum Gasteiger partial charge on any atom is 0.164 e. The molecular formula is C52H57N2O8S2-. The van der Waals surface area contributed by atoms with Crippen molar-refractivity contribution in [3.8, 4) is 28.7 Å². The maximum absolute atomic E-state index is 16.2. The maximum atomic E-state index is 16.2. The molecule has 64 heavy (non-hydrogen) atoms. The molecule has 6 atom stereocenters. The van der Waals surface area contributed by atoms with Gasteiger partial charge >= 0.3 is 0 Å². The largest absolute Gasteiger partial charge is 0.670 e.